The molecule has 0 aliphatic heterocycles. The Labute approximate surface area is 117 Å². The maximum absolute atomic E-state index is 7.39. The Morgan fingerprint density at radius 3 is 2.42 bits per heavy atom. The van der Waals surface area contributed by atoms with Crippen LogP contribution in [0.25, 0.3) is 0 Å². The van der Waals surface area contributed by atoms with Crippen LogP contribution in [0.2, 0.25) is 0 Å². The molecule has 0 unspecified atom stereocenters. The first-order valence-electron chi connectivity index (χ1n) is 6.14. The van der Waals surface area contributed by atoms with Crippen LogP contribution in [-0.4, -0.2) is 10.8 Å². The van der Waals surface area contributed by atoms with Crippen LogP contribution in [0.3, 0.4) is 0 Å². The van der Waals surface area contributed by atoms with E-state index in [9.17, 15) is 0 Å². The first-order chi connectivity index (χ1) is 9.06. The van der Waals surface area contributed by atoms with Crippen LogP contribution < -0.4 is 5.73 Å². The third-order valence-corrected chi connectivity index (χ3v) is 3.79. The van der Waals surface area contributed by atoms with Crippen molar-refractivity contribution in [2.75, 3.05) is 0 Å². The first kappa shape index (κ1) is 13.6. The van der Waals surface area contributed by atoms with E-state index in [1.54, 1.807) is 18.0 Å². The lowest BCUT2D eigenvalue weighted by atomic mass is 10.0. The van der Waals surface area contributed by atoms with Crippen molar-refractivity contribution in [3.05, 3.63) is 53.9 Å². The maximum atomic E-state index is 7.39. The number of rotatable bonds is 4. The van der Waals surface area contributed by atoms with Crippen LogP contribution >= 0.6 is 11.8 Å². The zero-order valence-electron chi connectivity index (χ0n) is 11.1. The predicted molar refractivity (Wildman–Crippen MR) is 79.9 cm³/mol. The van der Waals surface area contributed by atoms with E-state index in [1.165, 1.54) is 10.5 Å². The van der Waals surface area contributed by atoms with Gasteiger partial charge in [-0.15, -0.1) is 0 Å². The third kappa shape index (κ3) is 3.58. The van der Waals surface area contributed by atoms with Gasteiger partial charge in [-0.25, -0.2) is 0 Å². The Hall–Kier alpha value is -1.81. The fraction of sp³-hybridized carbons (Fsp3) is 0.200. The number of pyridine rings is 1. The summed E-state index contributed by atoms with van der Waals surface area (Å²) < 4.78 is 0. The molecule has 0 aliphatic rings. The van der Waals surface area contributed by atoms with E-state index in [0.717, 1.165) is 4.90 Å². The van der Waals surface area contributed by atoms with Gasteiger partial charge in [-0.3, -0.25) is 10.4 Å². The number of nitrogens with zero attached hydrogens (tertiary/aromatic N) is 1. The smallest absolute Gasteiger partial charge is 0.141 e. The first-order valence-corrected chi connectivity index (χ1v) is 6.96. The monoisotopic (exact) mass is 271 g/mol. The van der Waals surface area contributed by atoms with Crippen LogP contribution in [-0.2, 0) is 0 Å². The standard InChI is InChI=1S/C15H17N3S/c1-10(2)11-3-5-12(6-4-11)19-13-7-8-18-14(9-13)15(16)17/h3-10H,1-2H3,(H3,16,17). The summed E-state index contributed by atoms with van der Waals surface area (Å²) in [6.07, 6.45) is 1.68. The van der Waals surface area contributed by atoms with Gasteiger partial charge in [-0.1, -0.05) is 37.7 Å². The highest BCUT2D eigenvalue weighted by atomic mass is 32.2. The van der Waals surface area contributed by atoms with Gasteiger partial charge in [0, 0.05) is 16.0 Å². The minimum Gasteiger partial charge on any atom is -0.382 e. The SMILES string of the molecule is CC(C)c1ccc(Sc2ccnc(C(=N)N)c2)cc1. The number of aromatic nitrogens is 1. The van der Waals surface area contributed by atoms with Crippen molar-refractivity contribution in [1.82, 2.24) is 4.98 Å². The van der Waals surface area contributed by atoms with Crippen LogP contribution in [0.1, 0.15) is 31.0 Å². The molecule has 0 saturated carbocycles. The second kappa shape index (κ2) is 5.89. The minimum atomic E-state index is -0.00222. The van der Waals surface area contributed by atoms with Gasteiger partial charge in [0.2, 0.25) is 0 Å². The van der Waals surface area contributed by atoms with Crippen molar-refractivity contribution >= 4 is 17.6 Å². The molecular formula is C15H17N3S. The van der Waals surface area contributed by atoms with Crippen molar-refractivity contribution in [1.29, 1.82) is 5.41 Å². The van der Waals surface area contributed by atoms with E-state index >= 15 is 0 Å². The lowest BCUT2D eigenvalue weighted by Crippen LogP contribution is -2.12. The number of hydrogen-bond acceptors (Lipinski definition) is 3. The molecule has 1 aromatic heterocycles. The summed E-state index contributed by atoms with van der Waals surface area (Å²) in [5.41, 5.74) is 7.29. The lowest BCUT2D eigenvalue weighted by molar-refractivity contribution is 0.865. The van der Waals surface area contributed by atoms with Crippen LogP contribution in [0, 0.1) is 5.41 Å². The molecule has 0 aliphatic carbocycles. The number of benzene rings is 1. The molecule has 0 bridgehead atoms. The van der Waals surface area contributed by atoms with Crippen molar-refractivity contribution in [3.8, 4) is 0 Å². The number of nitrogens with one attached hydrogen (secondary N) is 1. The Morgan fingerprint density at radius 2 is 1.84 bits per heavy atom. The molecule has 0 saturated heterocycles. The zero-order valence-corrected chi connectivity index (χ0v) is 11.9. The summed E-state index contributed by atoms with van der Waals surface area (Å²) in [6, 6.07) is 12.3. The second-order valence-corrected chi connectivity index (χ2v) is 5.76. The van der Waals surface area contributed by atoms with E-state index in [4.69, 9.17) is 11.1 Å². The van der Waals surface area contributed by atoms with Crippen LogP contribution in [0.4, 0.5) is 0 Å². The molecule has 0 atom stereocenters. The molecule has 3 N–H and O–H groups in total. The number of hydrogen-bond donors (Lipinski definition) is 2. The summed E-state index contributed by atoms with van der Waals surface area (Å²) in [5, 5.41) is 7.39. The fourth-order valence-electron chi connectivity index (χ4n) is 1.68. The molecule has 3 nitrogen and oxygen atoms in total. The van der Waals surface area contributed by atoms with Crippen molar-refractivity contribution in [3.63, 3.8) is 0 Å². The lowest BCUT2D eigenvalue weighted by Gasteiger charge is -2.07. The summed E-state index contributed by atoms with van der Waals surface area (Å²) in [5.74, 6) is 0.543. The molecule has 0 radical (unpaired) electrons. The zero-order chi connectivity index (χ0) is 13.8. The largest absolute Gasteiger partial charge is 0.382 e. The minimum absolute atomic E-state index is 0.00222. The molecule has 0 fully saturated rings. The predicted octanol–water partition coefficient (Wildman–Crippen LogP) is 3.64. The van der Waals surface area contributed by atoms with Crippen LogP contribution in [0.15, 0.2) is 52.4 Å². The van der Waals surface area contributed by atoms with Crippen molar-refractivity contribution in [2.24, 2.45) is 5.73 Å². The Balaban J connectivity index is 2.16. The van der Waals surface area contributed by atoms with E-state index < -0.39 is 0 Å². The second-order valence-electron chi connectivity index (χ2n) is 4.62. The van der Waals surface area contributed by atoms with E-state index in [-0.39, 0.29) is 5.84 Å². The average Bonchev–Trinajstić information content (AvgIpc) is 2.39. The maximum Gasteiger partial charge on any atom is 0.141 e. The fourth-order valence-corrected chi connectivity index (χ4v) is 2.52. The highest BCUT2D eigenvalue weighted by molar-refractivity contribution is 7.99. The Morgan fingerprint density at radius 1 is 1.16 bits per heavy atom. The topological polar surface area (TPSA) is 62.8 Å². The highest BCUT2D eigenvalue weighted by Crippen LogP contribution is 2.28. The van der Waals surface area contributed by atoms with Gasteiger partial charge in [0.25, 0.3) is 0 Å². The average molecular weight is 271 g/mol. The molecule has 98 valence electrons. The molecule has 2 aromatic rings. The third-order valence-electron chi connectivity index (χ3n) is 2.79. The molecule has 2 rings (SSSR count). The Bertz CT molecular complexity index is 576. The summed E-state index contributed by atoms with van der Waals surface area (Å²) in [4.78, 5) is 6.27. The van der Waals surface area contributed by atoms with E-state index in [1.807, 2.05) is 12.1 Å². The van der Waals surface area contributed by atoms with E-state index in [0.29, 0.717) is 11.6 Å². The number of nitrogens with two attached hydrogens (primary N) is 1. The van der Waals surface area contributed by atoms with Gasteiger partial charge >= 0.3 is 0 Å². The summed E-state index contributed by atoms with van der Waals surface area (Å²) >= 11 is 1.65. The van der Waals surface area contributed by atoms with Gasteiger partial charge in [0.15, 0.2) is 0 Å². The number of nitrogen functional groups attached to an aromatic ring is 1. The molecule has 19 heavy (non-hydrogen) atoms. The molecule has 1 heterocycles. The summed E-state index contributed by atoms with van der Waals surface area (Å²) in [7, 11) is 0. The molecular weight excluding hydrogens is 254 g/mol. The molecule has 0 spiro atoms. The van der Waals surface area contributed by atoms with E-state index in [2.05, 4.69) is 43.1 Å². The molecule has 1 aromatic carbocycles. The van der Waals surface area contributed by atoms with Crippen LogP contribution in [0.5, 0.6) is 0 Å². The Kier molecular flexibility index (Phi) is 4.22. The molecule has 0 amide bonds. The van der Waals surface area contributed by atoms with Crippen molar-refractivity contribution in [2.45, 2.75) is 29.6 Å². The normalized spacial score (nSPS) is 10.7. The quantitative estimate of drug-likeness (QED) is 0.659. The van der Waals surface area contributed by atoms with Gasteiger partial charge in [0.05, 0.1) is 0 Å². The number of amidine groups is 1. The highest BCUT2D eigenvalue weighted by Gasteiger charge is 2.03. The molecule has 4 heteroatoms. The van der Waals surface area contributed by atoms with Gasteiger partial charge < -0.3 is 5.73 Å². The van der Waals surface area contributed by atoms with Crippen molar-refractivity contribution < 1.29 is 0 Å². The van der Waals surface area contributed by atoms with Gasteiger partial charge in [-0.2, -0.15) is 0 Å². The van der Waals surface area contributed by atoms with Gasteiger partial charge in [-0.05, 0) is 35.7 Å². The summed E-state index contributed by atoms with van der Waals surface area (Å²) in [6.45, 7) is 4.37. The van der Waals surface area contributed by atoms with Gasteiger partial charge in [0.1, 0.15) is 11.5 Å².